The predicted molar refractivity (Wildman–Crippen MR) is 51.9 cm³/mol. The van der Waals surface area contributed by atoms with Gasteiger partial charge >= 0.3 is 5.97 Å². The van der Waals surface area contributed by atoms with Crippen molar-refractivity contribution in [3.05, 3.63) is 36.1 Å². The van der Waals surface area contributed by atoms with E-state index in [0.717, 1.165) is 0 Å². The second kappa shape index (κ2) is 3.60. The lowest BCUT2D eigenvalue weighted by atomic mass is 9.93. The highest BCUT2D eigenvalue weighted by Crippen LogP contribution is 2.22. The summed E-state index contributed by atoms with van der Waals surface area (Å²) in [6.07, 6.45) is 9.57. The maximum Gasteiger partial charge on any atom is 0.308 e. The van der Waals surface area contributed by atoms with Crippen LogP contribution in [0.4, 0.5) is 0 Å². The van der Waals surface area contributed by atoms with Gasteiger partial charge in [-0.3, -0.25) is 4.79 Å². The molecule has 0 N–H and O–H groups in total. The van der Waals surface area contributed by atoms with Gasteiger partial charge in [-0.05, 0) is 12.2 Å². The summed E-state index contributed by atoms with van der Waals surface area (Å²) in [5.41, 5.74) is 0.0262. The molecule has 0 radical (unpaired) electrons. The molecule has 70 valence electrons. The molecule has 0 aromatic heterocycles. The van der Waals surface area contributed by atoms with Crippen LogP contribution in [0.2, 0.25) is 0 Å². The van der Waals surface area contributed by atoms with Gasteiger partial charge in [0.2, 0.25) is 0 Å². The van der Waals surface area contributed by atoms with E-state index in [1.54, 1.807) is 6.08 Å². The fraction of sp³-hybridized carbons (Fsp3) is 0.364. The molecule has 0 aliphatic heterocycles. The van der Waals surface area contributed by atoms with Gasteiger partial charge in [0, 0.05) is 12.3 Å². The molecule has 0 unspecified atom stereocenters. The van der Waals surface area contributed by atoms with Gasteiger partial charge in [-0.1, -0.05) is 32.1 Å². The van der Waals surface area contributed by atoms with Gasteiger partial charge in [-0.2, -0.15) is 0 Å². The summed E-state index contributed by atoms with van der Waals surface area (Å²) >= 11 is 0. The predicted octanol–water partition coefficient (Wildman–Crippen LogP) is 2.59. The molecule has 1 rings (SSSR count). The van der Waals surface area contributed by atoms with Crippen LogP contribution in [-0.4, -0.2) is 5.97 Å². The summed E-state index contributed by atoms with van der Waals surface area (Å²) in [7, 11) is 0. The average molecular weight is 178 g/mol. The molecule has 2 heteroatoms. The normalized spacial score (nSPS) is 19.2. The van der Waals surface area contributed by atoms with Crippen molar-refractivity contribution in [2.45, 2.75) is 20.8 Å². The molecule has 13 heavy (non-hydrogen) atoms. The van der Waals surface area contributed by atoms with E-state index in [2.05, 4.69) is 19.9 Å². The lowest BCUT2D eigenvalue weighted by Gasteiger charge is -2.12. The molecule has 0 saturated heterocycles. The molecular formula is C11H14O2. The number of rotatable bonds is 1. The first-order valence-corrected chi connectivity index (χ1v) is 4.27. The monoisotopic (exact) mass is 178 g/mol. The second-order valence-corrected chi connectivity index (χ2v) is 3.68. The molecule has 0 spiro atoms. The summed E-state index contributed by atoms with van der Waals surface area (Å²) in [5, 5.41) is 0. The van der Waals surface area contributed by atoms with E-state index < -0.39 is 0 Å². The molecule has 1 aliphatic rings. The first-order valence-electron chi connectivity index (χ1n) is 4.27. The molecule has 1 aliphatic carbocycles. The summed E-state index contributed by atoms with van der Waals surface area (Å²) in [4.78, 5) is 10.7. The zero-order valence-corrected chi connectivity index (χ0v) is 8.20. The Morgan fingerprint density at radius 1 is 1.38 bits per heavy atom. The van der Waals surface area contributed by atoms with Gasteiger partial charge in [0.15, 0.2) is 0 Å². The van der Waals surface area contributed by atoms with E-state index in [4.69, 9.17) is 4.74 Å². The van der Waals surface area contributed by atoms with E-state index in [9.17, 15) is 4.79 Å². The van der Waals surface area contributed by atoms with E-state index in [-0.39, 0.29) is 11.4 Å². The van der Waals surface area contributed by atoms with Crippen molar-refractivity contribution in [2.75, 3.05) is 0 Å². The van der Waals surface area contributed by atoms with Crippen LogP contribution in [0.3, 0.4) is 0 Å². The molecule has 0 atom stereocenters. The molecule has 0 fully saturated rings. The standard InChI is InChI=1S/C11H14O2/c1-9(12)13-10-5-4-7-11(2,3)8-6-10/h4-8H,1-3H3. The van der Waals surface area contributed by atoms with Crippen molar-refractivity contribution < 1.29 is 9.53 Å². The molecule has 0 saturated carbocycles. The minimum atomic E-state index is -0.288. The fourth-order valence-corrected chi connectivity index (χ4v) is 1.03. The Balaban J connectivity index is 2.76. The Morgan fingerprint density at radius 3 is 2.69 bits per heavy atom. The van der Waals surface area contributed by atoms with E-state index >= 15 is 0 Å². The third-order valence-electron chi connectivity index (χ3n) is 1.73. The van der Waals surface area contributed by atoms with Crippen LogP contribution >= 0.6 is 0 Å². The van der Waals surface area contributed by atoms with Crippen molar-refractivity contribution in [2.24, 2.45) is 5.41 Å². The second-order valence-electron chi connectivity index (χ2n) is 3.68. The highest BCUT2D eigenvalue weighted by molar-refractivity contribution is 5.67. The van der Waals surface area contributed by atoms with Gasteiger partial charge in [-0.15, -0.1) is 0 Å². The molecule has 0 bridgehead atoms. The number of hydrogen-bond donors (Lipinski definition) is 0. The summed E-state index contributed by atoms with van der Waals surface area (Å²) < 4.78 is 4.95. The average Bonchev–Trinajstić information content (AvgIpc) is 2.12. The number of carbonyl (C=O) groups is 1. The van der Waals surface area contributed by atoms with Gasteiger partial charge in [0.05, 0.1) is 0 Å². The number of esters is 1. The van der Waals surface area contributed by atoms with E-state index in [1.807, 2.05) is 18.2 Å². The molecule has 0 heterocycles. The first-order chi connectivity index (χ1) is 5.99. The van der Waals surface area contributed by atoms with Crippen LogP contribution in [0.1, 0.15) is 20.8 Å². The van der Waals surface area contributed by atoms with Crippen LogP contribution in [0.15, 0.2) is 36.1 Å². The van der Waals surface area contributed by atoms with Gasteiger partial charge in [-0.25, -0.2) is 0 Å². The molecular weight excluding hydrogens is 164 g/mol. The Bertz CT molecular complexity index is 293. The Hall–Kier alpha value is -1.31. The highest BCUT2D eigenvalue weighted by Gasteiger charge is 2.11. The smallest absolute Gasteiger partial charge is 0.308 e. The lowest BCUT2D eigenvalue weighted by molar-refractivity contribution is -0.136. The highest BCUT2D eigenvalue weighted by atomic mass is 16.5. The first kappa shape index (κ1) is 9.78. The van der Waals surface area contributed by atoms with Crippen molar-refractivity contribution >= 4 is 5.97 Å². The number of allylic oxidation sites excluding steroid dienone is 5. The van der Waals surface area contributed by atoms with E-state index in [0.29, 0.717) is 5.76 Å². The minimum absolute atomic E-state index is 0.0262. The van der Waals surface area contributed by atoms with Crippen LogP contribution < -0.4 is 0 Å². The largest absolute Gasteiger partial charge is 0.427 e. The van der Waals surface area contributed by atoms with Gasteiger partial charge in [0.25, 0.3) is 0 Å². The van der Waals surface area contributed by atoms with Crippen molar-refractivity contribution in [1.29, 1.82) is 0 Å². The van der Waals surface area contributed by atoms with Crippen LogP contribution in [0.5, 0.6) is 0 Å². The van der Waals surface area contributed by atoms with Crippen molar-refractivity contribution in [3.8, 4) is 0 Å². The summed E-state index contributed by atoms with van der Waals surface area (Å²) in [6, 6.07) is 0. The Morgan fingerprint density at radius 2 is 2.08 bits per heavy atom. The SMILES string of the molecule is CC(=O)OC1=CC=CC(C)(C)C=C1. The molecule has 0 aromatic carbocycles. The summed E-state index contributed by atoms with van der Waals surface area (Å²) in [5.74, 6) is 0.304. The molecule has 2 nitrogen and oxygen atoms in total. The topological polar surface area (TPSA) is 26.3 Å². The molecule has 0 aromatic rings. The number of ether oxygens (including phenoxy) is 1. The van der Waals surface area contributed by atoms with Crippen molar-refractivity contribution in [1.82, 2.24) is 0 Å². The lowest BCUT2D eigenvalue weighted by Crippen LogP contribution is -2.01. The minimum Gasteiger partial charge on any atom is -0.427 e. The Kier molecular flexibility index (Phi) is 2.71. The van der Waals surface area contributed by atoms with Gasteiger partial charge in [0.1, 0.15) is 5.76 Å². The van der Waals surface area contributed by atoms with Crippen LogP contribution in [-0.2, 0) is 9.53 Å². The van der Waals surface area contributed by atoms with E-state index in [1.165, 1.54) is 6.92 Å². The Labute approximate surface area is 78.6 Å². The maximum atomic E-state index is 10.7. The number of carbonyl (C=O) groups excluding carboxylic acids is 1. The zero-order valence-electron chi connectivity index (χ0n) is 8.20. The van der Waals surface area contributed by atoms with Gasteiger partial charge < -0.3 is 4.74 Å². The fourth-order valence-electron chi connectivity index (χ4n) is 1.03. The van der Waals surface area contributed by atoms with Crippen LogP contribution in [0.25, 0.3) is 0 Å². The maximum absolute atomic E-state index is 10.7. The third kappa shape index (κ3) is 3.28. The molecule has 0 amide bonds. The van der Waals surface area contributed by atoms with Crippen molar-refractivity contribution in [3.63, 3.8) is 0 Å². The summed E-state index contributed by atoms with van der Waals surface area (Å²) in [6.45, 7) is 5.57. The third-order valence-corrected chi connectivity index (χ3v) is 1.73. The van der Waals surface area contributed by atoms with Crippen LogP contribution in [0, 0.1) is 5.41 Å². The quantitative estimate of drug-likeness (QED) is 0.577. The number of hydrogen-bond acceptors (Lipinski definition) is 2. The zero-order chi connectivity index (χ0) is 9.90.